The van der Waals surface area contributed by atoms with Crippen LogP contribution < -0.4 is 0 Å². The summed E-state index contributed by atoms with van der Waals surface area (Å²) < 4.78 is 5.31. The van der Waals surface area contributed by atoms with Crippen LogP contribution in [0.15, 0.2) is 35.3 Å². The van der Waals surface area contributed by atoms with E-state index in [4.69, 9.17) is 4.74 Å². The summed E-state index contributed by atoms with van der Waals surface area (Å²) in [5, 5.41) is 1.09. The van der Waals surface area contributed by atoms with Gasteiger partial charge in [-0.1, -0.05) is 44.2 Å². The second-order valence-electron chi connectivity index (χ2n) is 4.70. The van der Waals surface area contributed by atoms with E-state index in [1.54, 1.807) is 11.8 Å². The Hall–Kier alpha value is -1.29. The first-order valence-corrected chi connectivity index (χ1v) is 7.60. The van der Waals surface area contributed by atoms with E-state index < -0.39 is 0 Å². The number of carbonyl (C=O) groups excluding carboxylic acids is 1. The van der Waals surface area contributed by atoms with Crippen LogP contribution in [0.5, 0.6) is 0 Å². The highest BCUT2D eigenvalue weighted by atomic mass is 32.2. The molecule has 0 aliphatic carbocycles. The van der Waals surface area contributed by atoms with E-state index in [9.17, 15) is 4.79 Å². The van der Waals surface area contributed by atoms with Crippen molar-refractivity contribution >= 4 is 22.8 Å². The van der Waals surface area contributed by atoms with Crippen molar-refractivity contribution in [3.05, 3.63) is 35.9 Å². The maximum Gasteiger partial charge on any atom is 0.332 e. The number of ether oxygens (including phenoxy) is 1. The fourth-order valence-electron chi connectivity index (χ4n) is 1.78. The molecule has 3 nitrogen and oxygen atoms in total. The molecule has 0 saturated carbocycles. The van der Waals surface area contributed by atoms with Crippen molar-refractivity contribution in [3.63, 3.8) is 0 Å². The SMILES string of the molecule is CC[C@@H](C)C1=NC(C(=O)OCc2ccccc2)CS1. The highest BCUT2D eigenvalue weighted by Crippen LogP contribution is 2.25. The molecule has 0 saturated heterocycles. The van der Waals surface area contributed by atoms with E-state index in [0.29, 0.717) is 18.3 Å². The van der Waals surface area contributed by atoms with E-state index in [1.807, 2.05) is 30.3 Å². The molecule has 1 unspecified atom stereocenters. The lowest BCUT2D eigenvalue weighted by atomic mass is 10.1. The summed E-state index contributed by atoms with van der Waals surface area (Å²) in [6.45, 7) is 4.60. The number of benzene rings is 1. The van der Waals surface area contributed by atoms with Gasteiger partial charge in [0.2, 0.25) is 0 Å². The average Bonchev–Trinajstić information content (AvgIpc) is 2.95. The Balaban J connectivity index is 1.86. The van der Waals surface area contributed by atoms with Crippen molar-refractivity contribution in [2.24, 2.45) is 10.9 Å². The van der Waals surface area contributed by atoms with Crippen LogP contribution in [-0.4, -0.2) is 22.8 Å². The largest absolute Gasteiger partial charge is 0.459 e. The quantitative estimate of drug-likeness (QED) is 0.775. The number of rotatable bonds is 5. The number of hydrogen-bond acceptors (Lipinski definition) is 4. The molecule has 0 N–H and O–H groups in total. The fraction of sp³-hybridized carbons (Fsp3) is 0.467. The van der Waals surface area contributed by atoms with E-state index in [2.05, 4.69) is 18.8 Å². The van der Waals surface area contributed by atoms with Gasteiger partial charge in [-0.3, -0.25) is 4.99 Å². The predicted molar refractivity (Wildman–Crippen MR) is 79.4 cm³/mol. The van der Waals surface area contributed by atoms with Crippen LogP contribution in [0.4, 0.5) is 0 Å². The molecular formula is C15H19NO2S. The first kappa shape index (κ1) is 14.1. The van der Waals surface area contributed by atoms with Crippen molar-refractivity contribution in [1.82, 2.24) is 0 Å². The topological polar surface area (TPSA) is 38.7 Å². The van der Waals surface area contributed by atoms with E-state index in [0.717, 1.165) is 17.0 Å². The molecule has 1 aromatic rings. The van der Waals surface area contributed by atoms with Crippen LogP contribution in [0.2, 0.25) is 0 Å². The predicted octanol–water partition coefficient (Wildman–Crippen LogP) is 3.29. The van der Waals surface area contributed by atoms with Gasteiger partial charge in [0.05, 0.1) is 5.04 Å². The third kappa shape index (κ3) is 3.83. The minimum atomic E-state index is -0.322. The van der Waals surface area contributed by atoms with Crippen LogP contribution in [0, 0.1) is 5.92 Å². The molecule has 0 radical (unpaired) electrons. The van der Waals surface area contributed by atoms with Crippen LogP contribution in [0.1, 0.15) is 25.8 Å². The van der Waals surface area contributed by atoms with Crippen molar-refractivity contribution in [2.75, 3.05) is 5.75 Å². The van der Waals surface area contributed by atoms with Gasteiger partial charge in [0.15, 0.2) is 6.04 Å². The summed E-state index contributed by atoms with van der Waals surface area (Å²) in [6, 6.07) is 9.40. The number of hydrogen-bond donors (Lipinski definition) is 0. The zero-order valence-corrected chi connectivity index (χ0v) is 12.2. The van der Waals surface area contributed by atoms with Gasteiger partial charge in [-0.25, -0.2) is 4.79 Å². The van der Waals surface area contributed by atoms with Crippen LogP contribution in [0.25, 0.3) is 0 Å². The van der Waals surface area contributed by atoms with Crippen LogP contribution >= 0.6 is 11.8 Å². The molecule has 0 aromatic heterocycles. The average molecular weight is 277 g/mol. The van der Waals surface area contributed by atoms with Gasteiger partial charge >= 0.3 is 5.97 Å². The fourth-order valence-corrected chi connectivity index (χ4v) is 2.97. The van der Waals surface area contributed by atoms with Gasteiger partial charge in [-0.15, -0.1) is 11.8 Å². The third-order valence-electron chi connectivity index (χ3n) is 3.20. The molecule has 4 heteroatoms. The van der Waals surface area contributed by atoms with Gasteiger partial charge in [-0.05, 0) is 12.0 Å². The summed E-state index contributed by atoms with van der Waals surface area (Å²) in [7, 11) is 0. The Labute approximate surface area is 118 Å². The summed E-state index contributed by atoms with van der Waals surface area (Å²) in [5.41, 5.74) is 1.01. The molecule has 1 aliphatic rings. The smallest absolute Gasteiger partial charge is 0.332 e. The molecule has 2 atom stereocenters. The molecular weight excluding hydrogens is 258 g/mol. The maximum absolute atomic E-state index is 11.9. The van der Waals surface area contributed by atoms with Crippen molar-refractivity contribution < 1.29 is 9.53 Å². The summed E-state index contributed by atoms with van der Waals surface area (Å²) in [4.78, 5) is 16.4. The monoisotopic (exact) mass is 277 g/mol. The molecule has 19 heavy (non-hydrogen) atoms. The molecule has 0 bridgehead atoms. The Morgan fingerprint density at radius 1 is 1.47 bits per heavy atom. The summed E-state index contributed by atoms with van der Waals surface area (Å²) >= 11 is 1.68. The standard InChI is InChI=1S/C15H19NO2S/c1-3-11(2)14-16-13(10-19-14)15(17)18-9-12-7-5-4-6-8-12/h4-8,11,13H,3,9-10H2,1-2H3/t11-,13?/m1/s1. The van der Waals surface area contributed by atoms with Gasteiger partial charge < -0.3 is 4.74 Å². The molecule has 1 aromatic carbocycles. The Morgan fingerprint density at radius 2 is 2.21 bits per heavy atom. The number of nitrogens with zero attached hydrogens (tertiary/aromatic N) is 1. The molecule has 0 amide bonds. The highest BCUT2D eigenvalue weighted by molar-refractivity contribution is 8.14. The second kappa shape index (κ2) is 6.75. The number of esters is 1. The Kier molecular flexibility index (Phi) is 5.02. The number of aliphatic imine (C=N–C) groups is 1. The van der Waals surface area contributed by atoms with E-state index in [-0.39, 0.29) is 12.0 Å². The summed E-state index contributed by atoms with van der Waals surface area (Å²) in [6.07, 6.45) is 1.05. The first-order valence-electron chi connectivity index (χ1n) is 6.61. The zero-order valence-electron chi connectivity index (χ0n) is 11.3. The first-order chi connectivity index (χ1) is 9.20. The Bertz CT molecular complexity index is 458. The molecule has 1 aliphatic heterocycles. The lowest BCUT2D eigenvalue weighted by Crippen LogP contribution is -2.21. The maximum atomic E-state index is 11.9. The second-order valence-corrected chi connectivity index (χ2v) is 5.74. The van der Waals surface area contributed by atoms with Gasteiger partial charge in [0.25, 0.3) is 0 Å². The van der Waals surface area contributed by atoms with Crippen LogP contribution in [-0.2, 0) is 16.1 Å². The third-order valence-corrected chi connectivity index (χ3v) is 4.49. The number of thioether (sulfide) groups is 1. The van der Waals surface area contributed by atoms with E-state index >= 15 is 0 Å². The molecule has 0 fully saturated rings. The normalized spacial score (nSPS) is 19.9. The minimum absolute atomic E-state index is 0.213. The molecule has 2 rings (SSSR count). The lowest BCUT2D eigenvalue weighted by molar-refractivity contribution is -0.145. The van der Waals surface area contributed by atoms with Crippen LogP contribution in [0.3, 0.4) is 0 Å². The van der Waals surface area contributed by atoms with Gasteiger partial charge in [-0.2, -0.15) is 0 Å². The van der Waals surface area contributed by atoms with E-state index in [1.165, 1.54) is 0 Å². The Morgan fingerprint density at radius 3 is 2.89 bits per heavy atom. The minimum Gasteiger partial charge on any atom is -0.459 e. The van der Waals surface area contributed by atoms with Gasteiger partial charge in [0.1, 0.15) is 6.61 Å². The highest BCUT2D eigenvalue weighted by Gasteiger charge is 2.28. The molecule has 0 spiro atoms. The zero-order chi connectivity index (χ0) is 13.7. The molecule has 1 heterocycles. The number of carbonyl (C=O) groups is 1. The summed E-state index contributed by atoms with van der Waals surface area (Å²) in [5.74, 6) is 0.944. The van der Waals surface area contributed by atoms with Gasteiger partial charge in [0, 0.05) is 11.7 Å². The molecule has 102 valence electrons. The van der Waals surface area contributed by atoms with Crippen molar-refractivity contribution in [3.8, 4) is 0 Å². The van der Waals surface area contributed by atoms with Crippen molar-refractivity contribution in [2.45, 2.75) is 32.9 Å². The lowest BCUT2D eigenvalue weighted by Gasteiger charge is -2.07. The van der Waals surface area contributed by atoms with Crippen molar-refractivity contribution in [1.29, 1.82) is 0 Å².